The molecule has 5 nitrogen and oxygen atoms in total. The first-order valence-corrected chi connectivity index (χ1v) is 9.17. The smallest absolute Gasteiger partial charge is 0.317 e. The molecule has 1 saturated heterocycles. The topological polar surface area (TPSA) is 69.6 Å². The fourth-order valence-corrected chi connectivity index (χ4v) is 6.10. The monoisotopic (exact) mass is 310 g/mol. The Morgan fingerprint density at radius 3 is 2.62 bits per heavy atom. The van der Waals surface area contributed by atoms with Gasteiger partial charge in [0.15, 0.2) is 0 Å². The lowest BCUT2D eigenvalue weighted by Gasteiger charge is -2.34. The second-order valence-electron chi connectivity index (χ2n) is 6.98. The molecular weight excluding hydrogens is 288 g/mol. The third kappa shape index (κ3) is 2.31. The number of aliphatic carboxylic acids is 1. The highest BCUT2D eigenvalue weighted by molar-refractivity contribution is 7.99. The standard InChI is InChI=1S/C15H22N2O3S/c18-11(19)6-10-7-21-4-3-17(10)15(20)16-14-12-8-1-2-9(5-8)13(12)14/h8-10,12-14H,1-7H2,(H,16,20)(H,18,19). The van der Waals surface area contributed by atoms with E-state index in [0.717, 1.165) is 35.2 Å². The van der Waals surface area contributed by atoms with Crippen molar-refractivity contribution in [2.24, 2.45) is 23.7 Å². The number of nitrogens with one attached hydrogen (secondary N) is 1. The zero-order valence-electron chi connectivity index (χ0n) is 12.0. The van der Waals surface area contributed by atoms with Gasteiger partial charge < -0.3 is 15.3 Å². The van der Waals surface area contributed by atoms with Crippen molar-refractivity contribution in [3.05, 3.63) is 0 Å². The minimum atomic E-state index is -0.818. The summed E-state index contributed by atoms with van der Waals surface area (Å²) in [5.74, 6) is 3.97. The SMILES string of the molecule is O=C(O)CC1CSCCN1C(=O)NC1C2C3CCC(C3)C12. The Hall–Kier alpha value is -0.910. The number of rotatable bonds is 3. The molecule has 0 aromatic rings. The molecule has 4 aliphatic rings. The van der Waals surface area contributed by atoms with Gasteiger partial charge in [0.05, 0.1) is 12.5 Å². The minimum Gasteiger partial charge on any atom is -0.481 e. The number of fused-ring (bicyclic) bond motifs is 5. The van der Waals surface area contributed by atoms with Gasteiger partial charge in [0.1, 0.15) is 0 Å². The van der Waals surface area contributed by atoms with Crippen LogP contribution in [-0.2, 0) is 4.79 Å². The predicted octanol–water partition coefficient (Wildman–Crippen LogP) is 1.63. The van der Waals surface area contributed by atoms with Crippen LogP contribution >= 0.6 is 11.8 Å². The molecule has 4 fully saturated rings. The average molecular weight is 310 g/mol. The molecule has 0 aromatic carbocycles. The Kier molecular flexibility index (Phi) is 3.32. The Morgan fingerprint density at radius 2 is 1.95 bits per heavy atom. The first-order chi connectivity index (χ1) is 10.1. The fourth-order valence-electron chi connectivity index (χ4n) is 5.04. The Balaban J connectivity index is 1.37. The maximum absolute atomic E-state index is 12.5. The van der Waals surface area contributed by atoms with Crippen molar-refractivity contribution in [1.82, 2.24) is 10.2 Å². The summed E-state index contributed by atoms with van der Waals surface area (Å²) in [4.78, 5) is 25.2. The third-order valence-electron chi connectivity index (χ3n) is 5.92. The first-order valence-electron chi connectivity index (χ1n) is 8.02. The number of carboxylic acid groups (broad SMARTS) is 1. The summed E-state index contributed by atoms with van der Waals surface area (Å²) in [6.45, 7) is 0.670. The van der Waals surface area contributed by atoms with Gasteiger partial charge in [-0.25, -0.2) is 4.79 Å². The van der Waals surface area contributed by atoms with Crippen LogP contribution in [-0.4, -0.2) is 52.1 Å². The lowest BCUT2D eigenvalue weighted by atomic mass is 10.0. The molecule has 2 bridgehead atoms. The predicted molar refractivity (Wildman–Crippen MR) is 80.2 cm³/mol. The summed E-state index contributed by atoms with van der Waals surface area (Å²) in [7, 11) is 0. The van der Waals surface area contributed by atoms with Gasteiger partial charge in [-0.1, -0.05) is 0 Å². The van der Waals surface area contributed by atoms with E-state index in [1.807, 2.05) is 0 Å². The number of carboxylic acids is 1. The average Bonchev–Trinajstić information content (AvgIpc) is 2.83. The first kappa shape index (κ1) is 13.7. The van der Waals surface area contributed by atoms with E-state index in [4.69, 9.17) is 5.11 Å². The van der Waals surface area contributed by atoms with Crippen molar-refractivity contribution in [3.63, 3.8) is 0 Å². The van der Waals surface area contributed by atoms with Gasteiger partial charge in [-0.05, 0) is 42.9 Å². The van der Waals surface area contributed by atoms with Crippen LogP contribution < -0.4 is 5.32 Å². The number of nitrogens with zero attached hydrogens (tertiary/aromatic N) is 1. The molecule has 1 aliphatic heterocycles. The highest BCUT2D eigenvalue weighted by Gasteiger charge is 2.65. The lowest BCUT2D eigenvalue weighted by molar-refractivity contribution is -0.137. The number of carbonyl (C=O) groups excluding carboxylic acids is 1. The molecular formula is C15H22N2O3S. The molecule has 1 heterocycles. The third-order valence-corrected chi connectivity index (χ3v) is 7.02. The summed E-state index contributed by atoms with van der Waals surface area (Å²) >= 11 is 1.74. The van der Waals surface area contributed by atoms with Crippen LogP contribution in [0.4, 0.5) is 4.79 Å². The highest BCUT2D eigenvalue weighted by atomic mass is 32.2. The molecule has 0 aromatic heterocycles. The van der Waals surface area contributed by atoms with E-state index in [1.165, 1.54) is 19.3 Å². The van der Waals surface area contributed by atoms with Gasteiger partial charge in [0.25, 0.3) is 0 Å². The normalized spacial score (nSPS) is 43.5. The summed E-state index contributed by atoms with van der Waals surface area (Å²) in [5, 5.41) is 12.2. The van der Waals surface area contributed by atoms with Crippen molar-refractivity contribution in [2.45, 2.75) is 37.8 Å². The number of amides is 2. The second-order valence-corrected chi connectivity index (χ2v) is 8.13. The van der Waals surface area contributed by atoms with Crippen LogP contribution in [0.2, 0.25) is 0 Å². The largest absolute Gasteiger partial charge is 0.481 e. The molecule has 2 amide bonds. The quantitative estimate of drug-likeness (QED) is 0.831. The fraction of sp³-hybridized carbons (Fsp3) is 0.867. The van der Waals surface area contributed by atoms with Gasteiger partial charge in [0, 0.05) is 24.1 Å². The van der Waals surface area contributed by atoms with Crippen molar-refractivity contribution in [1.29, 1.82) is 0 Å². The molecule has 3 aliphatic carbocycles. The summed E-state index contributed by atoms with van der Waals surface area (Å²) in [6.07, 6.45) is 4.13. The number of thioether (sulfide) groups is 1. The van der Waals surface area contributed by atoms with E-state index < -0.39 is 5.97 Å². The van der Waals surface area contributed by atoms with Crippen molar-refractivity contribution in [2.75, 3.05) is 18.1 Å². The summed E-state index contributed by atoms with van der Waals surface area (Å²) < 4.78 is 0. The van der Waals surface area contributed by atoms with Crippen molar-refractivity contribution < 1.29 is 14.7 Å². The molecule has 5 unspecified atom stereocenters. The van der Waals surface area contributed by atoms with E-state index in [9.17, 15) is 9.59 Å². The Bertz CT molecular complexity index is 456. The van der Waals surface area contributed by atoms with E-state index in [1.54, 1.807) is 16.7 Å². The van der Waals surface area contributed by atoms with Crippen LogP contribution in [0.25, 0.3) is 0 Å². The Morgan fingerprint density at radius 1 is 1.24 bits per heavy atom. The molecule has 3 saturated carbocycles. The summed E-state index contributed by atoms with van der Waals surface area (Å²) in [6, 6.07) is 0.195. The van der Waals surface area contributed by atoms with Crippen LogP contribution in [0.5, 0.6) is 0 Å². The van der Waals surface area contributed by atoms with Gasteiger partial charge in [0.2, 0.25) is 0 Å². The van der Waals surface area contributed by atoms with Crippen molar-refractivity contribution in [3.8, 4) is 0 Å². The summed E-state index contributed by atoms with van der Waals surface area (Å²) in [5.41, 5.74) is 0. The minimum absolute atomic E-state index is 0.0275. The zero-order valence-corrected chi connectivity index (χ0v) is 12.8. The molecule has 116 valence electrons. The molecule has 21 heavy (non-hydrogen) atoms. The van der Waals surface area contributed by atoms with Gasteiger partial charge >= 0.3 is 12.0 Å². The van der Waals surface area contributed by atoms with Gasteiger partial charge in [-0.2, -0.15) is 11.8 Å². The maximum atomic E-state index is 12.5. The number of carbonyl (C=O) groups is 2. The maximum Gasteiger partial charge on any atom is 0.317 e. The van der Waals surface area contributed by atoms with Crippen LogP contribution in [0.3, 0.4) is 0 Å². The van der Waals surface area contributed by atoms with E-state index in [0.29, 0.717) is 12.6 Å². The number of hydrogen-bond donors (Lipinski definition) is 2. The molecule has 4 rings (SSSR count). The van der Waals surface area contributed by atoms with E-state index in [-0.39, 0.29) is 18.5 Å². The molecule has 2 N–H and O–H groups in total. The lowest BCUT2D eigenvalue weighted by Crippen LogP contribution is -2.52. The number of urea groups is 1. The van der Waals surface area contributed by atoms with Crippen LogP contribution in [0.1, 0.15) is 25.7 Å². The van der Waals surface area contributed by atoms with Gasteiger partial charge in [-0.3, -0.25) is 4.79 Å². The number of hydrogen-bond acceptors (Lipinski definition) is 3. The van der Waals surface area contributed by atoms with E-state index >= 15 is 0 Å². The van der Waals surface area contributed by atoms with Gasteiger partial charge in [-0.15, -0.1) is 0 Å². The molecule has 0 radical (unpaired) electrons. The van der Waals surface area contributed by atoms with Crippen molar-refractivity contribution >= 4 is 23.8 Å². The highest BCUT2D eigenvalue weighted by Crippen LogP contribution is 2.65. The molecule has 5 atom stereocenters. The molecule has 0 spiro atoms. The zero-order chi connectivity index (χ0) is 14.6. The second kappa shape index (κ2) is 5.07. The Labute approximate surface area is 128 Å². The van der Waals surface area contributed by atoms with E-state index in [2.05, 4.69) is 5.32 Å². The van der Waals surface area contributed by atoms with Crippen LogP contribution in [0, 0.1) is 23.7 Å². The molecule has 6 heteroatoms. The van der Waals surface area contributed by atoms with Crippen LogP contribution in [0.15, 0.2) is 0 Å².